The minimum atomic E-state index is -3.27. The molecule has 1 aromatic heterocycles. The second kappa shape index (κ2) is 6.74. The van der Waals surface area contributed by atoms with Gasteiger partial charge in [0, 0.05) is 25.3 Å². The highest BCUT2D eigenvalue weighted by Gasteiger charge is 2.39. The largest absolute Gasteiger partial charge is 0.480 e. The van der Waals surface area contributed by atoms with Crippen LogP contribution in [0.2, 0.25) is 0 Å². The first kappa shape index (κ1) is 17.8. The molecule has 7 nitrogen and oxygen atoms in total. The predicted molar refractivity (Wildman–Crippen MR) is 92.8 cm³/mol. The van der Waals surface area contributed by atoms with Crippen molar-refractivity contribution < 1.29 is 22.7 Å². The van der Waals surface area contributed by atoms with E-state index in [0.717, 1.165) is 23.4 Å². The van der Waals surface area contributed by atoms with Gasteiger partial charge in [-0.1, -0.05) is 12.1 Å². The molecule has 9 heteroatoms. The molecule has 25 heavy (non-hydrogen) atoms. The van der Waals surface area contributed by atoms with Crippen molar-refractivity contribution in [1.82, 2.24) is 9.69 Å². The van der Waals surface area contributed by atoms with E-state index in [1.807, 2.05) is 0 Å². The highest BCUT2D eigenvalue weighted by atomic mass is 32.2. The lowest BCUT2D eigenvalue weighted by molar-refractivity contribution is 0.0879. The van der Waals surface area contributed by atoms with Gasteiger partial charge in [0.15, 0.2) is 9.84 Å². The van der Waals surface area contributed by atoms with Crippen LogP contribution >= 0.6 is 11.5 Å². The van der Waals surface area contributed by atoms with Crippen LogP contribution < -0.4 is 10.1 Å². The maximum Gasteiger partial charge on any atom is 0.263 e. The number of carbonyl (C=O) groups is 1. The second-order valence-electron chi connectivity index (χ2n) is 5.87. The molecule has 1 amide bonds. The van der Waals surface area contributed by atoms with E-state index in [4.69, 9.17) is 9.47 Å². The van der Waals surface area contributed by atoms with Gasteiger partial charge in [-0.15, -0.1) is 0 Å². The average molecular weight is 382 g/mol. The van der Waals surface area contributed by atoms with Gasteiger partial charge in [-0.25, -0.2) is 8.42 Å². The van der Waals surface area contributed by atoms with E-state index in [1.165, 1.54) is 7.11 Å². The van der Waals surface area contributed by atoms with E-state index in [1.54, 1.807) is 30.3 Å². The van der Waals surface area contributed by atoms with Crippen LogP contribution in [0.15, 0.2) is 35.2 Å². The van der Waals surface area contributed by atoms with Crippen molar-refractivity contribution in [2.24, 2.45) is 0 Å². The van der Waals surface area contributed by atoms with Crippen LogP contribution in [-0.2, 0) is 20.1 Å². The van der Waals surface area contributed by atoms with Gasteiger partial charge in [-0.05, 0) is 29.2 Å². The number of benzene rings is 1. The molecule has 1 unspecified atom stereocenters. The Morgan fingerprint density at radius 1 is 1.36 bits per heavy atom. The number of hydrogen-bond acceptors (Lipinski definition) is 7. The molecule has 2 heterocycles. The van der Waals surface area contributed by atoms with Crippen LogP contribution in [0.3, 0.4) is 0 Å². The molecule has 1 N–H and O–H groups in total. The number of amides is 1. The molecule has 0 aliphatic carbocycles. The zero-order chi connectivity index (χ0) is 18.1. The fourth-order valence-electron chi connectivity index (χ4n) is 2.73. The summed E-state index contributed by atoms with van der Waals surface area (Å²) < 4.78 is 37.8. The van der Waals surface area contributed by atoms with Gasteiger partial charge in [0.1, 0.15) is 4.88 Å². The normalized spacial score (nSPS) is 20.4. The minimum Gasteiger partial charge on any atom is -0.480 e. The number of ether oxygens (including phenoxy) is 2. The standard InChI is InChI=1S/C16H18N2O5S2/c1-22-14-9-13(24-18-14)15(19)17-16(7-8-23-10-16)11-3-5-12(6-4-11)25(2,20)21/h3-6,9H,7-8,10H2,1-2H3,(H,17,19). The van der Waals surface area contributed by atoms with Crippen molar-refractivity contribution in [3.63, 3.8) is 0 Å². The third-order valence-corrected chi connectivity index (χ3v) is 6.03. The van der Waals surface area contributed by atoms with Crippen LogP contribution in [0, 0.1) is 0 Å². The smallest absolute Gasteiger partial charge is 0.263 e. The molecule has 3 rings (SSSR count). The topological polar surface area (TPSA) is 94.6 Å². The lowest BCUT2D eigenvalue weighted by Gasteiger charge is -2.29. The van der Waals surface area contributed by atoms with E-state index in [2.05, 4.69) is 9.69 Å². The lowest BCUT2D eigenvalue weighted by atomic mass is 9.89. The molecule has 134 valence electrons. The van der Waals surface area contributed by atoms with E-state index in [-0.39, 0.29) is 10.8 Å². The lowest BCUT2D eigenvalue weighted by Crippen LogP contribution is -2.46. The van der Waals surface area contributed by atoms with Gasteiger partial charge in [-0.2, -0.15) is 4.37 Å². The number of aromatic nitrogens is 1. The van der Waals surface area contributed by atoms with Crippen molar-refractivity contribution >= 4 is 27.3 Å². The zero-order valence-electron chi connectivity index (χ0n) is 13.8. The van der Waals surface area contributed by atoms with Crippen molar-refractivity contribution in [1.29, 1.82) is 0 Å². The van der Waals surface area contributed by atoms with Gasteiger partial charge in [0.05, 0.1) is 24.2 Å². The van der Waals surface area contributed by atoms with E-state index in [0.29, 0.717) is 30.4 Å². The quantitative estimate of drug-likeness (QED) is 0.844. The maximum atomic E-state index is 12.6. The summed E-state index contributed by atoms with van der Waals surface area (Å²) in [6.07, 6.45) is 1.77. The summed E-state index contributed by atoms with van der Waals surface area (Å²) >= 11 is 1.06. The van der Waals surface area contributed by atoms with Gasteiger partial charge >= 0.3 is 0 Å². The third kappa shape index (κ3) is 3.68. The van der Waals surface area contributed by atoms with Gasteiger partial charge < -0.3 is 14.8 Å². The molecule has 0 saturated carbocycles. The molecule has 0 bridgehead atoms. The Balaban J connectivity index is 1.87. The Bertz CT molecular complexity index is 868. The maximum absolute atomic E-state index is 12.6. The molecule has 1 atom stereocenters. The van der Waals surface area contributed by atoms with Crippen molar-refractivity contribution in [2.75, 3.05) is 26.6 Å². The van der Waals surface area contributed by atoms with E-state index >= 15 is 0 Å². The van der Waals surface area contributed by atoms with E-state index < -0.39 is 15.4 Å². The summed E-state index contributed by atoms with van der Waals surface area (Å²) in [6.45, 7) is 0.840. The monoisotopic (exact) mass is 382 g/mol. The van der Waals surface area contributed by atoms with Crippen LogP contribution in [0.5, 0.6) is 5.88 Å². The summed E-state index contributed by atoms with van der Waals surface area (Å²) in [6, 6.07) is 8.12. The fourth-order valence-corrected chi connectivity index (χ4v) is 3.96. The van der Waals surface area contributed by atoms with Gasteiger partial charge in [0.2, 0.25) is 5.88 Å². The number of sulfone groups is 1. The summed E-state index contributed by atoms with van der Waals surface area (Å²) in [7, 11) is -1.78. The molecule has 1 aliphatic heterocycles. The van der Waals surface area contributed by atoms with Crippen molar-refractivity contribution in [3.8, 4) is 5.88 Å². The zero-order valence-corrected chi connectivity index (χ0v) is 15.4. The SMILES string of the molecule is COc1cc(C(=O)NC2(c3ccc(S(C)(=O)=O)cc3)CCOC2)sn1. The average Bonchev–Trinajstić information content (AvgIpc) is 3.24. The Morgan fingerprint density at radius 2 is 2.08 bits per heavy atom. The highest BCUT2D eigenvalue weighted by Crippen LogP contribution is 2.32. The summed E-state index contributed by atoms with van der Waals surface area (Å²) in [5.41, 5.74) is 0.117. The summed E-state index contributed by atoms with van der Waals surface area (Å²) in [5.74, 6) is 0.128. The number of carbonyl (C=O) groups excluding carboxylic acids is 1. The Labute approximate surface area is 150 Å². The van der Waals surface area contributed by atoms with Crippen LogP contribution in [0.25, 0.3) is 0 Å². The van der Waals surface area contributed by atoms with Gasteiger partial charge in [-0.3, -0.25) is 4.79 Å². The minimum absolute atomic E-state index is 0.240. The Morgan fingerprint density at radius 3 is 2.60 bits per heavy atom. The van der Waals surface area contributed by atoms with Crippen LogP contribution in [-0.4, -0.2) is 45.3 Å². The first-order valence-corrected chi connectivity index (χ1v) is 10.2. The summed E-state index contributed by atoms with van der Waals surface area (Å²) in [4.78, 5) is 13.3. The first-order valence-electron chi connectivity index (χ1n) is 7.56. The predicted octanol–water partition coefficient (Wildman–Crippen LogP) is 1.60. The number of nitrogens with zero attached hydrogens (tertiary/aromatic N) is 1. The van der Waals surface area contributed by atoms with Gasteiger partial charge in [0.25, 0.3) is 5.91 Å². The number of rotatable bonds is 5. The van der Waals surface area contributed by atoms with Crippen molar-refractivity contribution in [3.05, 3.63) is 40.8 Å². The summed E-state index contributed by atoms with van der Waals surface area (Å²) in [5, 5.41) is 3.02. The molecule has 0 radical (unpaired) electrons. The molecule has 1 aliphatic rings. The second-order valence-corrected chi connectivity index (χ2v) is 8.69. The molecule has 2 aromatic rings. The van der Waals surface area contributed by atoms with E-state index in [9.17, 15) is 13.2 Å². The van der Waals surface area contributed by atoms with Crippen molar-refractivity contribution in [2.45, 2.75) is 16.9 Å². The fraction of sp³-hybridized carbons (Fsp3) is 0.375. The van der Waals surface area contributed by atoms with Crippen LogP contribution in [0.4, 0.5) is 0 Å². The van der Waals surface area contributed by atoms with Crippen LogP contribution in [0.1, 0.15) is 21.7 Å². The molecule has 1 saturated heterocycles. The molecule has 0 spiro atoms. The first-order chi connectivity index (χ1) is 11.8. The molecule has 1 fully saturated rings. The number of hydrogen-bond donors (Lipinski definition) is 1. The number of nitrogens with one attached hydrogen (secondary N) is 1. The Kier molecular flexibility index (Phi) is 4.81. The highest BCUT2D eigenvalue weighted by molar-refractivity contribution is 7.90. The number of methoxy groups -OCH3 is 1. The molecular formula is C16H18N2O5S2. The molecule has 1 aromatic carbocycles. The Hall–Kier alpha value is -1.97. The third-order valence-electron chi connectivity index (χ3n) is 4.13. The molecular weight excluding hydrogens is 364 g/mol.